The highest BCUT2D eigenvalue weighted by molar-refractivity contribution is 6.42. The SMILES string of the molecule is O=C(Nc1ccc(Cl)c(Cl)c1)NC1CCC(C(F)(F)F)CC1. The van der Waals surface area contributed by atoms with Gasteiger partial charge in [-0.05, 0) is 43.9 Å². The molecule has 1 aromatic carbocycles. The van der Waals surface area contributed by atoms with Crippen LogP contribution in [0.15, 0.2) is 18.2 Å². The molecule has 0 aliphatic heterocycles. The van der Waals surface area contributed by atoms with E-state index in [0.717, 1.165) is 0 Å². The number of halogens is 5. The number of amides is 2. The number of hydrogen-bond donors (Lipinski definition) is 2. The molecule has 8 heteroatoms. The molecule has 0 spiro atoms. The van der Waals surface area contributed by atoms with Crippen LogP contribution in [0.2, 0.25) is 10.0 Å². The summed E-state index contributed by atoms with van der Waals surface area (Å²) in [5, 5.41) is 5.95. The summed E-state index contributed by atoms with van der Waals surface area (Å²) in [5.74, 6) is -1.26. The molecule has 2 N–H and O–H groups in total. The summed E-state index contributed by atoms with van der Waals surface area (Å²) in [4.78, 5) is 11.8. The molecule has 0 aromatic heterocycles. The largest absolute Gasteiger partial charge is 0.391 e. The highest BCUT2D eigenvalue weighted by Gasteiger charge is 2.41. The van der Waals surface area contributed by atoms with Crippen LogP contribution in [-0.4, -0.2) is 18.2 Å². The smallest absolute Gasteiger partial charge is 0.335 e. The molecule has 1 aliphatic carbocycles. The Hall–Kier alpha value is -1.14. The third-order valence-electron chi connectivity index (χ3n) is 3.70. The maximum atomic E-state index is 12.6. The predicted octanol–water partition coefficient (Wildman–Crippen LogP) is 5.24. The van der Waals surface area contributed by atoms with Gasteiger partial charge in [-0.2, -0.15) is 13.2 Å². The van der Waals surface area contributed by atoms with Gasteiger partial charge in [-0.1, -0.05) is 23.2 Å². The van der Waals surface area contributed by atoms with Crippen molar-refractivity contribution >= 4 is 34.9 Å². The maximum Gasteiger partial charge on any atom is 0.391 e. The fourth-order valence-electron chi connectivity index (χ4n) is 2.49. The third-order valence-corrected chi connectivity index (χ3v) is 4.44. The van der Waals surface area contributed by atoms with Crippen LogP contribution in [0.5, 0.6) is 0 Å². The summed E-state index contributed by atoms with van der Waals surface area (Å²) in [6.45, 7) is 0. The number of urea groups is 1. The Morgan fingerprint density at radius 2 is 1.73 bits per heavy atom. The van der Waals surface area contributed by atoms with E-state index < -0.39 is 18.1 Å². The molecule has 122 valence electrons. The Balaban J connectivity index is 1.82. The number of carbonyl (C=O) groups excluding carboxylic acids is 1. The Bertz CT molecular complexity index is 543. The lowest BCUT2D eigenvalue weighted by Gasteiger charge is -2.30. The zero-order chi connectivity index (χ0) is 16.3. The van der Waals surface area contributed by atoms with Gasteiger partial charge in [0.25, 0.3) is 0 Å². The topological polar surface area (TPSA) is 41.1 Å². The van der Waals surface area contributed by atoms with E-state index >= 15 is 0 Å². The molecule has 3 nitrogen and oxygen atoms in total. The van der Waals surface area contributed by atoms with Gasteiger partial charge >= 0.3 is 12.2 Å². The molecule has 0 atom stereocenters. The van der Waals surface area contributed by atoms with E-state index in [4.69, 9.17) is 23.2 Å². The quantitative estimate of drug-likeness (QED) is 0.749. The second kappa shape index (κ2) is 6.96. The highest BCUT2D eigenvalue weighted by atomic mass is 35.5. The lowest BCUT2D eigenvalue weighted by molar-refractivity contribution is -0.182. The monoisotopic (exact) mass is 354 g/mol. The zero-order valence-electron chi connectivity index (χ0n) is 11.5. The molecule has 2 amide bonds. The van der Waals surface area contributed by atoms with Gasteiger partial charge in [0, 0.05) is 11.7 Å². The van der Waals surface area contributed by atoms with Crippen molar-refractivity contribution in [2.24, 2.45) is 5.92 Å². The number of hydrogen-bond acceptors (Lipinski definition) is 1. The van der Waals surface area contributed by atoms with Gasteiger partial charge in [-0.15, -0.1) is 0 Å². The molecule has 0 saturated heterocycles. The Morgan fingerprint density at radius 1 is 1.09 bits per heavy atom. The lowest BCUT2D eigenvalue weighted by atomic mass is 9.86. The Kier molecular flexibility index (Phi) is 5.45. The molecule has 1 aliphatic rings. The van der Waals surface area contributed by atoms with Crippen LogP contribution in [0.3, 0.4) is 0 Å². The van der Waals surface area contributed by atoms with Crippen LogP contribution in [0.1, 0.15) is 25.7 Å². The second-order valence-electron chi connectivity index (χ2n) is 5.32. The molecule has 0 bridgehead atoms. The number of alkyl halides is 3. The van der Waals surface area contributed by atoms with Gasteiger partial charge in [-0.3, -0.25) is 0 Å². The number of anilines is 1. The van der Waals surface area contributed by atoms with Gasteiger partial charge in [0.2, 0.25) is 0 Å². The van der Waals surface area contributed by atoms with Crippen LogP contribution in [0, 0.1) is 5.92 Å². The van der Waals surface area contributed by atoms with Gasteiger partial charge in [0.15, 0.2) is 0 Å². The van der Waals surface area contributed by atoms with E-state index in [0.29, 0.717) is 28.6 Å². The summed E-state index contributed by atoms with van der Waals surface area (Å²) in [6, 6.07) is 3.93. The van der Waals surface area contributed by atoms with Crippen molar-refractivity contribution in [1.82, 2.24) is 5.32 Å². The molecule has 0 heterocycles. The number of benzene rings is 1. The molecule has 22 heavy (non-hydrogen) atoms. The minimum absolute atomic E-state index is 0.0429. The number of nitrogens with one attached hydrogen (secondary N) is 2. The maximum absolute atomic E-state index is 12.6. The van der Waals surface area contributed by atoms with E-state index in [9.17, 15) is 18.0 Å². The van der Waals surface area contributed by atoms with Crippen LogP contribution in [0.4, 0.5) is 23.7 Å². The normalized spacial score (nSPS) is 22.2. The summed E-state index contributed by atoms with van der Waals surface area (Å²) < 4.78 is 37.7. The molecule has 1 fully saturated rings. The molecule has 1 saturated carbocycles. The van der Waals surface area contributed by atoms with Crippen LogP contribution >= 0.6 is 23.2 Å². The molecular formula is C14H15Cl2F3N2O. The third kappa shape index (κ3) is 4.68. The standard InChI is InChI=1S/C14H15Cl2F3N2O/c15-11-6-5-10(7-12(11)16)21-13(22)20-9-3-1-8(2-4-9)14(17,18)19/h5-9H,1-4H2,(H2,20,21,22). The highest BCUT2D eigenvalue weighted by Crippen LogP contribution is 2.37. The van der Waals surface area contributed by atoms with E-state index in [1.807, 2.05) is 0 Å². The first-order valence-electron chi connectivity index (χ1n) is 6.85. The van der Waals surface area contributed by atoms with Crippen molar-refractivity contribution in [3.05, 3.63) is 28.2 Å². The van der Waals surface area contributed by atoms with Crippen molar-refractivity contribution in [2.75, 3.05) is 5.32 Å². The van der Waals surface area contributed by atoms with Crippen molar-refractivity contribution in [3.8, 4) is 0 Å². The summed E-state index contributed by atoms with van der Waals surface area (Å²) in [7, 11) is 0. The predicted molar refractivity (Wildman–Crippen MR) is 80.4 cm³/mol. The molecule has 2 rings (SSSR count). The Morgan fingerprint density at radius 3 is 2.27 bits per heavy atom. The molecular weight excluding hydrogens is 340 g/mol. The summed E-state index contributed by atoms with van der Waals surface area (Å²) in [6.07, 6.45) is -3.42. The van der Waals surface area contributed by atoms with Crippen molar-refractivity contribution < 1.29 is 18.0 Å². The van der Waals surface area contributed by atoms with Gasteiger partial charge in [-0.25, -0.2) is 4.79 Å². The summed E-state index contributed by atoms with van der Waals surface area (Å²) >= 11 is 11.6. The van der Waals surface area contributed by atoms with Gasteiger partial charge in [0.1, 0.15) is 0 Å². The van der Waals surface area contributed by atoms with Crippen LogP contribution in [-0.2, 0) is 0 Å². The second-order valence-corrected chi connectivity index (χ2v) is 6.13. The summed E-state index contributed by atoms with van der Waals surface area (Å²) in [5.41, 5.74) is 0.468. The fraction of sp³-hybridized carbons (Fsp3) is 0.500. The fourth-order valence-corrected chi connectivity index (χ4v) is 2.79. The number of rotatable bonds is 2. The average Bonchev–Trinajstić information content (AvgIpc) is 2.42. The zero-order valence-corrected chi connectivity index (χ0v) is 13.0. The average molecular weight is 355 g/mol. The van der Waals surface area contributed by atoms with E-state index in [-0.39, 0.29) is 18.9 Å². The molecule has 0 unspecified atom stereocenters. The van der Waals surface area contributed by atoms with E-state index in [2.05, 4.69) is 10.6 Å². The molecule has 1 aromatic rings. The minimum Gasteiger partial charge on any atom is -0.335 e. The van der Waals surface area contributed by atoms with Gasteiger partial charge < -0.3 is 10.6 Å². The van der Waals surface area contributed by atoms with E-state index in [1.54, 1.807) is 12.1 Å². The van der Waals surface area contributed by atoms with Crippen LogP contribution < -0.4 is 10.6 Å². The van der Waals surface area contributed by atoms with E-state index in [1.165, 1.54) is 6.07 Å². The first-order chi connectivity index (χ1) is 10.3. The number of carbonyl (C=O) groups is 1. The molecule has 0 radical (unpaired) electrons. The first-order valence-corrected chi connectivity index (χ1v) is 7.60. The van der Waals surface area contributed by atoms with Crippen molar-refractivity contribution in [2.45, 2.75) is 37.9 Å². The van der Waals surface area contributed by atoms with Gasteiger partial charge in [0.05, 0.1) is 16.0 Å². The lowest BCUT2D eigenvalue weighted by Crippen LogP contribution is -2.41. The van der Waals surface area contributed by atoms with Crippen molar-refractivity contribution in [1.29, 1.82) is 0 Å². The first kappa shape index (κ1) is 17.2. The van der Waals surface area contributed by atoms with Crippen LogP contribution in [0.25, 0.3) is 0 Å². The minimum atomic E-state index is -4.15. The Labute approximate surface area is 136 Å². The van der Waals surface area contributed by atoms with Crippen molar-refractivity contribution in [3.63, 3.8) is 0 Å².